The van der Waals surface area contributed by atoms with Gasteiger partial charge in [-0.25, -0.2) is 4.79 Å². The maximum Gasteiger partial charge on any atom is 0.355 e. The molecule has 1 N–H and O–H groups in total. The van der Waals surface area contributed by atoms with Crippen molar-refractivity contribution in [3.05, 3.63) is 58.7 Å². The molecule has 3 aromatic rings. The van der Waals surface area contributed by atoms with Crippen LogP contribution in [0.3, 0.4) is 0 Å². The average Bonchev–Trinajstić information content (AvgIpc) is 2.94. The second kappa shape index (κ2) is 6.26. The number of nitrogens with one attached hydrogen (secondary N) is 1. The van der Waals surface area contributed by atoms with E-state index in [0.29, 0.717) is 27.4 Å². The van der Waals surface area contributed by atoms with Crippen molar-refractivity contribution >= 4 is 34.8 Å². The number of carbonyl (C=O) groups is 2. The summed E-state index contributed by atoms with van der Waals surface area (Å²) in [6.07, 6.45) is 0.734. The minimum Gasteiger partial charge on any atom is -0.461 e. The summed E-state index contributed by atoms with van der Waals surface area (Å²) < 4.78 is 5.13. The lowest BCUT2D eigenvalue weighted by Gasteiger charge is -2.08. The molecule has 0 amide bonds. The van der Waals surface area contributed by atoms with Gasteiger partial charge in [0.15, 0.2) is 6.29 Å². The number of fused-ring (bicyclic) bond motifs is 1. The van der Waals surface area contributed by atoms with Crippen LogP contribution in [-0.4, -0.2) is 23.8 Å². The van der Waals surface area contributed by atoms with Crippen molar-refractivity contribution in [2.75, 3.05) is 6.61 Å². The number of para-hydroxylation sites is 1. The van der Waals surface area contributed by atoms with Crippen LogP contribution in [0.15, 0.2) is 42.5 Å². The molecule has 116 valence electrons. The summed E-state index contributed by atoms with van der Waals surface area (Å²) in [5.41, 5.74) is 2.85. The van der Waals surface area contributed by atoms with Crippen LogP contribution in [0, 0.1) is 0 Å². The number of halogens is 1. The van der Waals surface area contributed by atoms with E-state index in [1.54, 1.807) is 25.1 Å². The van der Waals surface area contributed by atoms with E-state index in [1.807, 2.05) is 24.3 Å². The van der Waals surface area contributed by atoms with Gasteiger partial charge in [-0.3, -0.25) is 4.79 Å². The number of aromatic amines is 1. The number of esters is 1. The number of hydrogen-bond acceptors (Lipinski definition) is 3. The van der Waals surface area contributed by atoms with Gasteiger partial charge in [0, 0.05) is 27.1 Å². The molecule has 1 aromatic heterocycles. The summed E-state index contributed by atoms with van der Waals surface area (Å²) in [6.45, 7) is 2.02. The molecule has 0 saturated heterocycles. The largest absolute Gasteiger partial charge is 0.461 e. The van der Waals surface area contributed by atoms with Gasteiger partial charge in [-0.2, -0.15) is 0 Å². The monoisotopic (exact) mass is 327 g/mol. The maximum absolute atomic E-state index is 12.3. The van der Waals surface area contributed by atoms with Gasteiger partial charge >= 0.3 is 5.97 Å². The van der Waals surface area contributed by atoms with Gasteiger partial charge in [0.05, 0.1) is 6.61 Å². The van der Waals surface area contributed by atoms with Gasteiger partial charge in [0.2, 0.25) is 0 Å². The number of benzene rings is 2. The SMILES string of the molecule is CCOC(=O)c1[nH]c2ccccc2c1-c1ccc(Cl)cc1C=O. The smallest absolute Gasteiger partial charge is 0.355 e. The van der Waals surface area contributed by atoms with Gasteiger partial charge in [0.1, 0.15) is 5.69 Å². The number of ether oxygens (including phenoxy) is 1. The predicted molar refractivity (Wildman–Crippen MR) is 90.1 cm³/mol. The number of aldehydes is 1. The van der Waals surface area contributed by atoms with E-state index in [2.05, 4.69) is 4.98 Å². The molecule has 5 heteroatoms. The highest BCUT2D eigenvalue weighted by atomic mass is 35.5. The molecule has 0 spiro atoms. The van der Waals surface area contributed by atoms with Gasteiger partial charge in [0.25, 0.3) is 0 Å². The number of aromatic nitrogens is 1. The molecule has 23 heavy (non-hydrogen) atoms. The van der Waals surface area contributed by atoms with Crippen LogP contribution in [0.4, 0.5) is 0 Å². The van der Waals surface area contributed by atoms with Crippen LogP contribution in [0.2, 0.25) is 5.02 Å². The Kier molecular flexibility index (Phi) is 4.17. The Bertz CT molecular complexity index is 898. The molecule has 0 bridgehead atoms. The van der Waals surface area contributed by atoms with E-state index in [9.17, 15) is 9.59 Å². The van der Waals surface area contributed by atoms with E-state index in [1.165, 1.54) is 0 Å². The lowest BCUT2D eigenvalue weighted by molar-refractivity contribution is 0.0521. The van der Waals surface area contributed by atoms with Crippen LogP contribution in [0.25, 0.3) is 22.0 Å². The molecule has 0 aliphatic carbocycles. The zero-order valence-electron chi connectivity index (χ0n) is 12.4. The Morgan fingerprint density at radius 3 is 2.78 bits per heavy atom. The van der Waals surface area contributed by atoms with E-state index in [0.717, 1.165) is 17.2 Å². The lowest BCUT2D eigenvalue weighted by Crippen LogP contribution is -2.07. The highest BCUT2D eigenvalue weighted by molar-refractivity contribution is 6.31. The maximum atomic E-state index is 12.3. The zero-order chi connectivity index (χ0) is 16.4. The Morgan fingerprint density at radius 2 is 2.04 bits per heavy atom. The standard InChI is InChI=1S/C18H14ClNO3/c1-2-23-18(22)17-16(14-5-3-4-6-15(14)20-17)13-8-7-12(19)9-11(13)10-21/h3-10,20H,2H2,1H3. The Labute approximate surface area is 138 Å². The molecular formula is C18H14ClNO3. The van der Waals surface area contributed by atoms with Crippen LogP contribution in [-0.2, 0) is 4.74 Å². The van der Waals surface area contributed by atoms with Crippen molar-refractivity contribution in [1.29, 1.82) is 0 Å². The molecule has 0 atom stereocenters. The Morgan fingerprint density at radius 1 is 1.26 bits per heavy atom. The highest BCUT2D eigenvalue weighted by Crippen LogP contribution is 2.35. The second-order valence-electron chi connectivity index (χ2n) is 4.99. The number of carbonyl (C=O) groups excluding carboxylic acids is 2. The van der Waals surface area contributed by atoms with Crippen LogP contribution < -0.4 is 0 Å². The molecule has 4 nitrogen and oxygen atoms in total. The average molecular weight is 328 g/mol. The first kappa shape index (κ1) is 15.3. The molecule has 0 aliphatic heterocycles. The quantitative estimate of drug-likeness (QED) is 0.568. The third-order valence-electron chi connectivity index (χ3n) is 3.60. The van der Waals surface area contributed by atoms with Crippen LogP contribution >= 0.6 is 11.6 Å². The van der Waals surface area contributed by atoms with E-state index >= 15 is 0 Å². The summed E-state index contributed by atoms with van der Waals surface area (Å²) in [7, 11) is 0. The summed E-state index contributed by atoms with van der Waals surface area (Å²) >= 11 is 5.97. The van der Waals surface area contributed by atoms with Gasteiger partial charge in [-0.05, 0) is 30.7 Å². The van der Waals surface area contributed by atoms with Crippen LogP contribution in [0.5, 0.6) is 0 Å². The van der Waals surface area contributed by atoms with E-state index in [-0.39, 0.29) is 6.61 Å². The molecule has 2 aromatic carbocycles. The van der Waals surface area contributed by atoms with Gasteiger partial charge < -0.3 is 9.72 Å². The molecule has 0 aliphatic rings. The second-order valence-corrected chi connectivity index (χ2v) is 5.43. The molecule has 3 rings (SSSR count). The van der Waals surface area contributed by atoms with Gasteiger partial charge in [-0.1, -0.05) is 35.9 Å². The van der Waals surface area contributed by atoms with E-state index < -0.39 is 5.97 Å². The molecule has 0 unspecified atom stereocenters. The first-order chi connectivity index (χ1) is 11.2. The molecule has 1 heterocycles. The lowest BCUT2D eigenvalue weighted by atomic mass is 9.97. The normalized spacial score (nSPS) is 10.7. The fourth-order valence-electron chi connectivity index (χ4n) is 2.64. The molecule has 0 saturated carbocycles. The minimum absolute atomic E-state index is 0.273. The first-order valence-electron chi connectivity index (χ1n) is 7.18. The van der Waals surface area contributed by atoms with Crippen molar-refractivity contribution in [3.8, 4) is 11.1 Å². The molecule has 0 radical (unpaired) electrons. The topological polar surface area (TPSA) is 59.2 Å². The Balaban J connectivity index is 2.33. The number of rotatable bonds is 4. The molecule has 0 fully saturated rings. The van der Waals surface area contributed by atoms with E-state index in [4.69, 9.17) is 16.3 Å². The number of H-pyrrole nitrogens is 1. The first-order valence-corrected chi connectivity index (χ1v) is 7.56. The minimum atomic E-state index is -0.453. The zero-order valence-corrected chi connectivity index (χ0v) is 13.2. The third-order valence-corrected chi connectivity index (χ3v) is 3.83. The summed E-state index contributed by atoms with van der Waals surface area (Å²) in [5.74, 6) is -0.453. The fraction of sp³-hybridized carbons (Fsp3) is 0.111. The number of hydrogen-bond donors (Lipinski definition) is 1. The highest BCUT2D eigenvalue weighted by Gasteiger charge is 2.21. The Hall–Kier alpha value is -2.59. The van der Waals surface area contributed by atoms with Crippen molar-refractivity contribution in [2.45, 2.75) is 6.92 Å². The molecular weight excluding hydrogens is 314 g/mol. The van der Waals surface area contributed by atoms with Gasteiger partial charge in [-0.15, -0.1) is 0 Å². The fourth-order valence-corrected chi connectivity index (χ4v) is 2.82. The van der Waals surface area contributed by atoms with Crippen molar-refractivity contribution in [3.63, 3.8) is 0 Å². The summed E-state index contributed by atoms with van der Waals surface area (Å²) in [5, 5.41) is 1.31. The summed E-state index contributed by atoms with van der Waals surface area (Å²) in [4.78, 5) is 26.8. The van der Waals surface area contributed by atoms with Crippen molar-refractivity contribution in [1.82, 2.24) is 4.98 Å². The third kappa shape index (κ3) is 2.73. The van der Waals surface area contributed by atoms with Crippen molar-refractivity contribution in [2.24, 2.45) is 0 Å². The van der Waals surface area contributed by atoms with Crippen LogP contribution in [0.1, 0.15) is 27.8 Å². The predicted octanol–water partition coefficient (Wildman–Crippen LogP) is 4.48. The van der Waals surface area contributed by atoms with Crippen molar-refractivity contribution < 1.29 is 14.3 Å². The summed E-state index contributed by atoms with van der Waals surface area (Å²) in [6, 6.07) is 12.5.